The van der Waals surface area contributed by atoms with E-state index in [4.69, 9.17) is 9.31 Å². The van der Waals surface area contributed by atoms with E-state index in [1.807, 2.05) is 24.3 Å². The molecule has 2 aliphatic rings. The predicted octanol–water partition coefficient (Wildman–Crippen LogP) is 4.94. The lowest BCUT2D eigenvalue weighted by atomic mass is 9.79. The third-order valence-corrected chi connectivity index (χ3v) is 15.1. The van der Waals surface area contributed by atoms with E-state index >= 15 is 0 Å². The summed E-state index contributed by atoms with van der Waals surface area (Å²) in [4.78, 5) is 0. The maximum atomic E-state index is 6.00. The van der Waals surface area contributed by atoms with E-state index in [9.17, 15) is 0 Å². The number of fused-ring (bicyclic) bond motifs is 1. The molecule has 0 N–H and O–H groups in total. The summed E-state index contributed by atoms with van der Waals surface area (Å²) in [5.74, 6) is 1.70. The van der Waals surface area contributed by atoms with Crippen LogP contribution in [0.25, 0.3) is 0 Å². The molecule has 1 aromatic rings. The van der Waals surface area contributed by atoms with Crippen molar-refractivity contribution in [2.75, 3.05) is 0 Å². The fourth-order valence-electron chi connectivity index (χ4n) is 3.83. The van der Waals surface area contributed by atoms with Crippen LogP contribution in [0.5, 0.6) is 11.5 Å². The summed E-state index contributed by atoms with van der Waals surface area (Å²) >= 11 is 0. The molecule has 0 spiro atoms. The van der Waals surface area contributed by atoms with Crippen LogP contribution in [0.4, 0.5) is 0 Å². The highest BCUT2D eigenvalue weighted by atomic mass is 28.4. The average molecular weight is 328 g/mol. The lowest BCUT2D eigenvalue weighted by Gasteiger charge is -2.47. The van der Waals surface area contributed by atoms with Crippen molar-refractivity contribution in [1.29, 1.82) is 0 Å². The van der Waals surface area contributed by atoms with E-state index in [1.165, 1.54) is 5.47 Å². The zero-order valence-corrected chi connectivity index (χ0v) is 16.4. The molecule has 2 nitrogen and oxygen atoms in total. The van der Waals surface area contributed by atoms with Crippen LogP contribution in [0, 0.1) is 0 Å². The Balaban J connectivity index is 1.94. The van der Waals surface area contributed by atoms with Crippen LogP contribution >= 0.6 is 0 Å². The van der Waals surface area contributed by atoms with Crippen molar-refractivity contribution in [3.05, 3.63) is 48.0 Å². The van der Waals surface area contributed by atoms with Gasteiger partial charge in [0.2, 0.25) is 0 Å². The molecule has 0 atom stereocenters. The van der Waals surface area contributed by atoms with E-state index in [1.54, 1.807) is 0 Å². The second kappa shape index (κ2) is 4.90. The molecule has 0 amide bonds. The predicted molar refractivity (Wildman–Crippen MR) is 100 cm³/mol. The molecule has 22 heavy (non-hydrogen) atoms. The Morgan fingerprint density at radius 3 is 1.77 bits per heavy atom. The van der Waals surface area contributed by atoms with Gasteiger partial charge in [0, 0.05) is 5.47 Å². The summed E-state index contributed by atoms with van der Waals surface area (Å²) in [7, 11) is -3.08. The van der Waals surface area contributed by atoms with E-state index in [0.29, 0.717) is 0 Å². The van der Waals surface area contributed by atoms with Gasteiger partial charge in [0.25, 0.3) is 0 Å². The highest BCUT2D eigenvalue weighted by Crippen LogP contribution is 2.53. The van der Waals surface area contributed by atoms with Gasteiger partial charge in [-0.05, 0) is 16.8 Å². The number of para-hydroxylation sites is 2. The molecule has 1 aliphatic heterocycles. The molecular weight excluding hydrogens is 303 g/mol. The molecular formula is C17H25BO2Si2. The van der Waals surface area contributed by atoms with E-state index in [2.05, 4.69) is 57.5 Å². The number of allylic oxidation sites excluding steroid dienone is 4. The molecule has 3 rings (SSSR count). The second-order valence-corrected chi connectivity index (χ2v) is 19.5. The Morgan fingerprint density at radius 2 is 1.36 bits per heavy atom. The van der Waals surface area contributed by atoms with Crippen molar-refractivity contribution in [2.45, 2.75) is 43.9 Å². The molecule has 0 saturated carbocycles. The van der Waals surface area contributed by atoms with Gasteiger partial charge in [-0.25, -0.2) is 0 Å². The molecule has 1 heterocycles. The first kappa shape index (κ1) is 15.7. The van der Waals surface area contributed by atoms with Crippen molar-refractivity contribution < 1.29 is 9.31 Å². The molecule has 0 radical (unpaired) electrons. The first-order chi connectivity index (χ1) is 10.1. The van der Waals surface area contributed by atoms with Gasteiger partial charge in [0.1, 0.15) is 11.5 Å². The fraction of sp³-hybridized carbons (Fsp3) is 0.412. The first-order valence-corrected chi connectivity index (χ1v) is 15.0. The van der Waals surface area contributed by atoms with Crippen molar-refractivity contribution in [2.24, 2.45) is 0 Å². The standard InChI is InChI=1S/C17H25BO2Si2/c1-21(2,3)17(22(4,5)6)12-11-14(13-17)18-19-15-9-7-8-10-16(15)20-18/h7-13H,1-6H3. The summed E-state index contributed by atoms with van der Waals surface area (Å²) in [6.07, 6.45) is 7.17. The van der Waals surface area contributed by atoms with Gasteiger partial charge in [-0.3, -0.25) is 0 Å². The van der Waals surface area contributed by atoms with Crippen LogP contribution in [0.2, 0.25) is 43.9 Å². The van der Waals surface area contributed by atoms with Crippen molar-refractivity contribution >= 4 is 23.3 Å². The smallest absolute Gasteiger partial charge is 0.519 e. The minimum atomic E-state index is -1.40. The van der Waals surface area contributed by atoms with Crippen LogP contribution in [-0.2, 0) is 0 Å². The van der Waals surface area contributed by atoms with Gasteiger partial charge in [0.05, 0.1) is 16.1 Å². The number of rotatable bonds is 3. The highest BCUT2D eigenvalue weighted by Gasteiger charge is 2.52. The first-order valence-electron chi connectivity index (χ1n) is 7.98. The summed E-state index contributed by atoms with van der Waals surface area (Å²) in [6.45, 7) is 14.8. The number of hydrogen-bond acceptors (Lipinski definition) is 2. The average Bonchev–Trinajstić information content (AvgIpc) is 3.01. The van der Waals surface area contributed by atoms with Gasteiger partial charge in [0.15, 0.2) is 0 Å². The fourth-order valence-corrected chi connectivity index (χ4v) is 15.2. The quantitative estimate of drug-likeness (QED) is 0.732. The van der Waals surface area contributed by atoms with E-state index < -0.39 is 16.1 Å². The Labute approximate surface area is 136 Å². The lowest BCUT2D eigenvalue weighted by Crippen LogP contribution is -2.51. The SMILES string of the molecule is C[Si](C)(C)C1([Si](C)(C)C)C=CC(B2Oc3ccccc3O2)=C1. The molecule has 5 heteroatoms. The molecule has 0 unspecified atom stereocenters. The minimum absolute atomic E-state index is 0.261. The van der Waals surface area contributed by atoms with Crippen molar-refractivity contribution in [3.63, 3.8) is 0 Å². The summed E-state index contributed by atoms with van der Waals surface area (Å²) in [5, 5.41) is 0. The molecule has 1 aliphatic carbocycles. The van der Waals surface area contributed by atoms with Crippen LogP contribution < -0.4 is 9.31 Å². The lowest BCUT2D eigenvalue weighted by molar-refractivity contribution is 0.513. The summed E-state index contributed by atoms with van der Waals surface area (Å²) in [5.41, 5.74) is 1.18. The van der Waals surface area contributed by atoms with Gasteiger partial charge in [-0.2, -0.15) is 0 Å². The molecule has 0 aromatic heterocycles. The van der Waals surface area contributed by atoms with Crippen LogP contribution in [0.3, 0.4) is 0 Å². The summed E-state index contributed by atoms with van der Waals surface area (Å²) in [6, 6.07) is 7.91. The Bertz CT molecular complexity index is 614. The Kier molecular flexibility index (Phi) is 3.49. The van der Waals surface area contributed by atoms with Crippen LogP contribution in [0.15, 0.2) is 48.0 Å². The van der Waals surface area contributed by atoms with Gasteiger partial charge in [-0.1, -0.05) is 69.6 Å². The third-order valence-electron chi connectivity index (χ3n) is 5.00. The normalized spacial score (nSPS) is 19.5. The Hall–Kier alpha value is -1.20. The maximum Gasteiger partial charge on any atom is 0.632 e. The molecule has 0 fully saturated rings. The van der Waals surface area contributed by atoms with E-state index in [-0.39, 0.29) is 11.8 Å². The number of hydrogen-bond donors (Lipinski definition) is 0. The third kappa shape index (κ3) is 2.31. The largest absolute Gasteiger partial charge is 0.632 e. The molecule has 0 saturated heterocycles. The Morgan fingerprint density at radius 1 is 0.864 bits per heavy atom. The zero-order chi connectivity index (χ0) is 16.2. The molecule has 116 valence electrons. The van der Waals surface area contributed by atoms with E-state index in [0.717, 1.165) is 11.5 Å². The highest BCUT2D eigenvalue weighted by molar-refractivity contribution is 7.00. The topological polar surface area (TPSA) is 18.5 Å². The maximum absolute atomic E-state index is 6.00. The molecule has 1 aromatic carbocycles. The second-order valence-electron chi connectivity index (χ2n) is 8.36. The monoisotopic (exact) mass is 328 g/mol. The number of benzene rings is 1. The molecule has 0 bridgehead atoms. The van der Waals surface area contributed by atoms with Crippen molar-refractivity contribution in [1.82, 2.24) is 0 Å². The van der Waals surface area contributed by atoms with Crippen LogP contribution in [0.1, 0.15) is 0 Å². The zero-order valence-electron chi connectivity index (χ0n) is 14.4. The van der Waals surface area contributed by atoms with Crippen LogP contribution in [-0.4, -0.2) is 23.3 Å². The summed E-state index contributed by atoms with van der Waals surface area (Å²) < 4.78 is 12.3. The van der Waals surface area contributed by atoms with Gasteiger partial charge >= 0.3 is 7.12 Å². The van der Waals surface area contributed by atoms with Crippen molar-refractivity contribution in [3.8, 4) is 11.5 Å². The van der Waals surface area contributed by atoms with Gasteiger partial charge in [-0.15, -0.1) is 0 Å². The minimum Gasteiger partial charge on any atom is -0.519 e. The van der Waals surface area contributed by atoms with Gasteiger partial charge < -0.3 is 9.31 Å².